The van der Waals surface area contributed by atoms with Gasteiger partial charge in [0.15, 0.2) is 5.78 Å². The summed E-state index contributed by atoms with van der Waals surface area (Å²) >= 11 is 0. The first kappa shape index (κ1) is 27.0. The van der Waals surface area contributed by atoms with Gasteiger partial charge in [-0.25, -0.2) is 4.98 Å². The van der Waals surface area contributed by atoms with Gasteiger partial charge in [0, 0.05) is 41.1 Å². The summed E-state index contributed by atoms with van der Waals surface area (Å²) in [5.74, 6) is -2.65. The molecule has 1 unspecified atom stereocenters. The van der Waals surface area contributed by atoms with E-state index >= 15 is 0 Å². The molecule has 1 amide bonds. The Kier molecular flexibility index (Phi) is 7.32. The van der Waals surface area contributed by atoms with Gasteiger partial charge in [0.05, 0.1) is 23.8 Å². The summed E-state index contributed by atoms with van der Waals surface area (Å²) in [5.41, 5.74) is -2.12. The Morgan fingerprint density at radius 3 is 2.54 bits per heavy atom. The molecule has 9 nitrogen and oxygen atoms in total. The Morgan fingerprint density at radius 2 is 1.82 bits per heavy atom. The number of rotatable bonds is 7. The van der Waals surface area contributed by atoms with Crippen molar-refractivity contribution in [2.24, 2.45) is 0 Å². The van der Waals surface area contributed by atoms with E-state index in [0.717, 1.165) is 5.03 Å². The fraction of sp³-hybridized carbons (Fsp3) is 0.286. The minimum absolute atomic E-state index is 0.00518. The lowest BCUT2D eigenvalue weighted by atomic mass is 9.74. The standard InChI is InChI=1S/C28H26N2O7S2/c1-14(38-39-19-8-3-4-11-29-19)13-30-27(35)28(36)10-9-15-17(12-28)25(33)21-22(23(15)31)26(34)20-16(24(21)32)6-5-7-18(20)37-2/h3-8,11,14,31,33,36H,9-10,12-13H2,1-2H3,(H,30,35)/t14?,28-/m1/s1. The maximum Gasteiger partial charge on any atom is 0.252 e. The lowest BCUT2D eigenvalue weighted by Crippen LogP contribution is -2.51. The highest BCUT2D eigenvalue weighted by atomic mass is 33.1. The number of nitrogens with one attached hydrogen (secondary N) is 1. The first-order valence-electron chi connectivity index (χ1n) is 12.3. The molecule has 39 heavy (non-hydrogen) atoms. The zero-order valence-electron chi connectivity index (χ0n) is 21.2. The van der Waals surface area contributed by atoms with E-state index in [2.05, 4.69) is 10.3 Å². The number of aliphatic hydroxyl groups is 1. The number of fused-ring (bicyclic) bond motifs is 3. The summed E-state index contributed by atoms with van der Waals surface area (Å²) in [6, 6.07) is 10.2. The van der Waals surface area contributed by atoms with Crippen molar-refractivity contribution in [1.29, 1.82) is 0 Å². The number of benzene rings is 2. The molecule has 1 aromatic heterocycles. The average molecular weight is 567 g/mol. The number of nitrogens with zero attached hydrogens (tertiary/aromatic N) is 1. The number of hydrogen-bond donors (Lipinski definition) is 4. The van der Waals surface area contributed by atoms with Crippen LogP contribution in [0.1, 0.15) is 56.3 Å². The Bertz CT molecular complexity index is 1500. The Labute approximate surface area is 232 Å². The quantitative estimate of drug-likeness (QED) is 0.194. The van der Waals surface area contributed by atoms with Gasteiger partial charge in [-0.3, -0.25) is 14.4 Å². The predicted molar refractivity (Wildman–Crippen MR) is 147 cm³/mol. The van der Waals surface area contributed by atoms with Crippen LogP contribution in [-0.4, -0.2) is 62.3 Å². The van der Waals surface area contributed by atoms with Gasteiger partial charge in [0.25, 0.3) is 5.91 Å². The van der Waals surface area contributed by atoms with Crippen LogP contribution >= 0.6 is 21.6 Å². The second-order valence-corrected chi connectivity index (χ2v) is 12.2. The first-order valence-corrected chi connectivity index (χ1v) is 14.5. The van der Waals surface area contributed by atoms with Crippen LogP contribution in [0.5, 0.6) is 17.2 Å². The van der Waals surface area contributed by atoms with Gasteiger partial charge in [0.2, 0.25) is 5.78 Å². The molecule has 0 saturated heterocycles. The molecular weight excluding hydrogens is 540 g/mol. The summed E-state index contributed by atoms with van der Waals surface area (Å²) < 4.78 is 5.26. The lowest BCUT2D eigenvalue weighted by molar-refractivity contribution is -0.140. The van der Waals surface area contributed by atoms with Gasteiger partial charge in [-0.1, -0.05) is 35.9 Å². The van der Waals surface area contributed by atoms with Crippen LogP contribution in [-0.2, 0) is 17.6 Å². The smallest absolute Gasteiger partial charge is 0.252 e. The van der Waals surface area contributed by atoms with Crippen LogP contribution in [0.2, 0.25) is 0 Å². The maximum atomic E-state index is 13.4. The van der Waals surface area contributed by atoms with Gasteiger partial charge in [-0.2, -0.15) is 0 Å². The minimum atomic E-state index is -1.87. The van der Waals surface area contributed by atoms with Crippen LogP contribution < -0.4 is 10.1 Å². The molecule has 0 fully saturated rings. The highest BCUT2D eigenvalue weighted by Gasteiger charge is 2.45. The molecule has 11 heteroatoms. The first-order chi connectivity index (χ1) is 18.7. The number of carbonyl (C=O) groups excluding carboxylic acids is 3. The highest BCUT2D eigenvalue weighted by molar-refractivity contribution is 8.76. The summed E-state index contributed by atoms with van der Waals surface area (Å²) in [4.78, 5) is 44.1. The van der Waals surface area contributed by atoms with E-state index in [1.54, 1.807) is 18.3 Å². The van der Waals surface area contributed by atoms with Crippen molar-refractivity contribution in [3.8, 4) is 17.2 Å². The van der Waals surface area contributed by atoms with E-state index in [-0.39, 0.29) is 70.2 Å². The molecule has 2 aromatic carbocycles. The van der Waals surface area contributed by atoms with Crippen molar-refractivity contribution in [2.75, 3.05) is 13.7 Å². The second-order valence-electron chi connectivity index (χ2n) is 9.52. The predicted octanol–water partition coefficient (Wildman–Crippen LogP) is 3.44. The molecule has 5 rings (SSSR count). The molecule has 0 spiro atoms. The normalized spacial score (nSPS) is 18.5. The van der Waals surface area contributed by atoms with Crippen molar-refractivity contribution in [2.45, 2.75) is 42.1 Å². The third-order valence-corrected chi connectivity index (χ3v) is 9.79. The largest absolute Gasteiger partial charge is 0.507 e. The second kappa shape index (κ2) is 10.6. The number of aromatic nitrogens is 1. The Hall–Kier alpha value is -3.54. The molecule has 0 bridgehead atoms. The van der Waals surface area contributed by atoms with Crippen molar-refractivity contribution >= 4 is 39.1 Å². The number of pyridine rings is 1. The minimum Gasteiger partial charge on any atom is -0.507 e. The molecule has 2 atom stereocenters. The van der Waals surface area contributed by atoms with Gasteiger partial charge in [-0.15, -0.1) is 0 Å². The number of phenols is 2. The molecule has 0 saturated carbocycles. The van der Waals surface area contributed by atoms with Crippen molar-refractivity contribution < 1.29 is 34.4 Å². The summed E-state index contributed by atoms with van der Waals surface area (Å²) in [6.07, 6.45) is 1.36. The summed E-state index contributed by atoms with van der Waals surface area (Å²) in [6.45, 7) is 2.22. The monoisotopic (exact) mass is 566 g/mol. The number of hydrogen-bond acceptors (Lipinski definition) is 10. The molecule has 0 aliphatic heterocycles. The molecule has 2 aliphatic rings. The molecule has 1 heterocycles. The van der Waals surface area contributed by atoms with Crippen LogP contribution in [0.15, 0.2) is 47.6 Å². The molecule has 0 radical (unpaired) electrons. The van der Waals surface area contributed by atoms with E-state index < -0.39 is 34.6 Å². The summed E-state index contributed by atoms with van der Waals surface area (Å²) in [5, 5.41) is 37.2. The topological polar surface area (TPSA) is 146 Å². The van der Waals surface area contributed by atoms with Crippen molar-refractivity contribution in [3.63, 3.8) is 0 Å². The van der Waals surface area contributed by atoms with E-state index in [1.807, 2.05) is 25.1 Å². The number of ketones is 2. The number of phenolic OH excluding ortho intramolecular Hbond substituents is 2. The molecule has 202 valence electrons. The Balaban J connectivity index is 1.37. The number of amides is 1. The third kappa shape index (κ3) is 4.75. The van der Waals surface area contributed by atoms with Crippen molar-refractivity contribution in [3.05, 3.63) is 76.0 Å². The molecule has 3 aromatic rings. The molecule has 2 aliphatic carbocycles. The average Bonchev–Trinajstić information content (AvgIpc) is 2.95. The van der Waals surface area contributed by atoms with Gasteiger partial charge >= 0.3 is 0 Å². The zero-order chi connectivity index (χ0) is 27.9. The van der Waals surface area contributed by atoms with Gasteiger partial charge in [0.1, 0.15) is 27.9 Å². The highest BCUT2D eigenvalue weighted by Crippen LogP contribution is 2.48. The number of ether oxygens (including phenoxy) is 1. The third-order valence-electron chi connectivity index (χ3n) is 7.00. The van der Waals surface area contributed by atoms with Crippen molar-refractivity contribution in [1.82, 2.24) is 10.3 Å². The van der Waals surface area contributed by atoms with Gasteiger partial charge in [-0.05, 0) is 41.8 Å². The van der Waals surface area contributed by atoms with Crippen LogP contribution in [0, 0.1) is 0 Å². The van der Waals surface area contributed by atoms with Gasteiger partial charge < -0.3 is 25.4 Å². The molecule has 4 N–H and O–H groups in total. The Morgan fingerprint density at radius 1 is 1.08 bits per heavy atom. The fourth-order valence-corrected chi connectivity index (χ4v) is 6.92. The lowest BCUT2D eigenvalue weighted by Gasteiger charge is -2.34. The van der Waals surface area contributed by atoms with E-state index in [4.69, 9.17) is 4.74 Å². The molecular formula is C28H26N2O7S2. The van der Waals surface area contributed by atoms with E-state index in [9.17, 15) is 29.7 Å². The van der Waals surface area contributed by atoms with Crippen LogP contribution in [0.25, 0.3) is 0 Å². The maximum absolute atomic E-state index is 13.4. The summed E-state index contributed by atoms with van der Waals surface area (Å²) in [7, 11) is 4.39. The number of aromatic hydroxyl groups is 2. The zero-order valence-corrected chi connectivity index (χ0v) is 22.8. The van der Waals surface area contributed by atoms with E-state index in [1.165, 1.54) is 34.8 Å². The van der Waals surface area contributed by atoms with E-state index in [0.29, 0.717) is 0 Å². The number of methoxy groups -OCH3 is 1. The van der Waals surface area contributed by atoms with Crippen LogP contribution in [0.3, 0.4) is 0 Å². The fourth-order valence-electron chi connectivity index (χ4n) is 4.98. The SMILES string of the molecule is COc1cccc2c1C(=O)c1c(O)c3c(c(O)c1C2=O)C[C@@](O)(C(=O)NCC(C)SSc1ccccn1)CC3. The number of carbonyl (C=O) groups is 3. The van der Waals surface area contributed by atoms with Crippen LogP contribution in [0.4, 0.5) is 0 Å².